The number of benzene rings is 1. The van der Waals surface area contributed by atoms with Crippen molar-refractivity contribution in [2.24, 2.45) is 0 Å². The first-order valence-corrected chi connectivity index (χ1v) is 5.22. The first-order valence-electron chi connectivity index (χ1n) is 5.22. The molecule has 3 aromatic rings. The molecule has 0 N–H and O–H groups in total. The van der Waals surface area contributed by atoms with Crippen LogP contribution in [-0.4, -0.2) is 21.1 Å². The minimum Gasteiger partial charge on any atom is -0.298 e. The maximum absolute atomic E-state index is 10.7. The van der Waals surface area contributed by atoms with Crippen LogP contribution < -0.4 is 0 Å². The number of aromatic nitrogens is 3. The molecular weight excluding hydrogens is 214 g/mol. The van der Waals surface area contributed by atoms with Crippen LogP contribution in [0.4, 0.5) is 0 Å². The van der Waals surface area contributed by atoms with Crippen molar-refractivity contribution in [2.45, 2.75) is 0 Å². The van der Waals surface area contributed by atoms with Crippen molar-refractivity contribution in [3.8, 4) is 5.69 Å². The third-order valence-corrected chi connectivity index (χ3v) is 2.58. The van der Waals surface area contributed by atoms with E-state index in [9.17, 15) is 4.79 Å². The molecule has 82 valence electrons. The van der Waals surface area contributed by atoms with Crippen molar-refractivity contribution in [2.75, 3.05) is 0 Å². The molecular formula is C13H9N3O. The Bertz CT molecular complexity index is 673. The van der Waals surface area contributed by atoms with Crippen molar-refractivity contribution in [3.63, 3.8) is 0 Å². The fourth-order valence-electron chi connectivity index (χ4n) is 1.73. The topological polar surface area (TPSA) is 47.8 Å². The van der Waals surface area contributed by atoms with Crippen LogP contribution in [0.15, 0.2) is 48.9 Å². The summed E-state index contributed by atoms with van der Waals surface area (Å²) in [5.74, 6) is 0. The third-order valence-electron chi connectivity index (χ3n) is 2.58. The summed E-state index contributed by atoms with van der Waals surface area (Å²) in [6.07, 6.45) is 6.20. The van der Waals surface area contributed by atoms with Crippen LogP contribution in [0.2, 0.25) is 0 Å². The highest BCUT2D eigenvalue weighted by atomic mass is 16.1. The summed E-state index contributed by atoms with van der Waals surface area (Å²) in [5, 5.41) is 5.41. The molecule has 0 bridgehead atoms. The molecule has 17 heavy (non-hydrogen) atoms. The van der Waals surface area contributed by atoms with Crippen molar-refractivity contribution >= 4 is 17.2 Å². The van der Waals surface area contributed by atoms with Gasteiger partial charge in [-0.05, 0) is 18.2 Å². The van der Waals surface area contributed by atoms with Crippen molar-refractivity contribution in [1.82, 2.24) is 14.8 Å². The molecule has 0 amide bonds. The molecule has 0 atom stereocenters. The van der Waals surface area contributed by atoms with E-state index >= 15 is 0 Å². The van der Waals surface area contributed by atoms with Gasteiger partial charge in [-0.15, -0.1) is 0 Å². The molecule has 0 spiro atoms. The van der Waals surface area contributed by atoms with Gasteiger partial charge >= 0.3 is 0 Å². The number of pyridine rings is 1. The lowest BCUT2D eigenvalue weighted by Gasteiger charge is -1.97. The van der Waals surface area contributed by atoms with Crippen LogP contribution in [0, 0.1) is 0 Å². The van der Waals surface area contributed by atoms with Gasteiger partial charge in [0, 0.05) is 23.3 Å². The van der Waals surface area contributed by atoms with Crippen molar-refractivity contribution in [3.05, 3.63) is 54.5 Å². The van der Waals surface area contributed by atoms with E-state index in [4.69, 9.17) is 0 Å². The molecule has 2 aromatic heterocycles. The second kappa shape index (κ2) is 3.83. The van der Waals surface area contributed by atoms with Crippen molar-refractivity contribution < 1.29 is 4.79 Å². The number of hydrogen-bond donors (Lipinski definition) is 0. The lowest BCUT2D eigenvalue weighted by atomic mass is 10.2. The maximum atomic E-state index is 10.7. The fraction of sp³-hybridized carbons (Fsp3) is 0. The van der Waals surface area contributed by atoms with E-state index in [0.29, 0.717) is 5.56 Å². The predicted molar refractivity (Wildman–Crippen MR) is 64.3 cm³/mol. The summed E-state index contributed by atoms with van der Waals surface area (Å²) in [7, 11) is 0. The molecule has 0 saturated carbocycles. The second-order valence-electron chi connectivity index (χ2n) is 3.72. The van der Waals surface area contributed by atoms with E-state index in [1.807, 2.05) is 24.4 Å². The van der Waals surface area contributed by atoms with E-state index in [1.165, 1.54) is 0 Å². The molecule has 2 heterocycles. The highest BCUT2D eigenvalue weighted by molar-refractivity contribution is 5.86. The molecule has 3 rings (SSSR count). The molecule has 4 nitrogen and oxygen atoms in total. The number of nitrogens with zero attached hydrogens (tertiary/aromatic N) is 3. The van der Waals surface area contributed by atoms with Gasteiger partial charge in [0.05, 0.1) is 17.4 Å². The minimum absolute atomic E-state index is 0.633. The number of hydrogen-bond acceptors (Lipinski definition) is 3. The van der Waals surface area contributed by atoms with Gasteiger partial charge in [-0.3, -0.25) is 9.78 Å². The van der Waals surface area contributed by atoms with E-state index in [0.717, 1.165) is 22.9 Å². The van der Waals surface area contributed by atoms with Gasteiger partial charge in [-0.25, -0.2) is 4.68 Å². The number of carbonyl (C=O) groups is 1. The molecule has 0 radical (unpaired) electrons. The predicted octanol–water partition coefficient (Wildman–Crippen LogP) is 2.23. The molecule has 4 heteroatoms. The van der Waals surface area contributed by atoms with Crippen LogP contribution in [0.1, 0.15) is 10.4 Å². The van der Waals surface area contributed by atoms with Crippen LogP contribution in [0.5, 0.6) is 0 Å². The normalized spacial score (nSPS) is 10.6. The molecule has 1 aromatic carbocycles. The smallest absolute Gasteiger partial charge is 0.150 e. The standard InChI is InChI=1S/C13H9N3O/c17-9-10-3-4-11-8-16(15-13(11)6-10)12-2-1-5-14-7-12/h1-9H. The minimum atomic E-state index is 0.633. The largest absolute Gasteiger partial charge is 0.298 e. The zero-order valence-corrected chi connectivity index (χ0v) is 8.95. The Labute approximate surface area is 97.5 Å². The first kappa shape index (κ1) is 9.72. The van der Waals surface area contributed by atoms with Crippen LogP contribution >= 0.6 is 0 Å². The summed E-state index contributed by atoms with van der Waals surface area (Å²) in [5.41, 5.74) is 2.34. The van der Waals surface area contributed by atoms with Crippen LogP contribution in [0.25, 0.3) is 16.6 Å². The number of carbonyl (C=O) groups excluding carboxylic acids is 1. The summed E-state index contributed by atoms with van der Waals surface area (Å²) < 4.78 is 1.76. The number of rotatable bonds is 2. The molecule has 0 unspecified atom stereocenters. The summed E-state index contributed by atoms with van der Waals surface area (Å²) in [6, 6.07) is 9.23. The fourth-order valence-corrected chi connectivity index (χ4v) is 1.73. The average molecular weight is 223 g/mol. The summed E-state index contributed by atoms with van der Waals surface area (Å²) in [4.78, 5) is 14.7. The Balaban J connectivity index is 2.17. The van der Waals surface area contributed by atoms with Gasteiger partial charge in [-0.2, -0.15) is 5.10 Å². The van der Waals surface area contributed by atoms with Gasteiger partial charge in [0.15, 0.2) is 0 Å². The number of aldehydes is 1. The Morgan fingerprint density at radius 2 is 2.18 bits per heavy atom. The molecule has 0 aliphatic heterocycles. The highest BCUT2D eigenvalue weighted by Gasteiger charge is 2.03. The van der Waals surface area contributed by atoms with E-state index in [2.05, 4.69) is 10.1 Å². The molecule has 0 saturated heterocycles. The van der Waals surface area contributed by atoms with Crippen LogP contribution in [0.3, 0.4) is 0 Å². The highest BCUT2D eigenvalue weighted by Crippen LogP contribution is 2.16. The zero-order valence-electron chi connectivity index (χ0n) is 8.95. The quantitative estimate of drug-likeness (QED) is 0.626. The van der Waals surface area contributed by atoms with E-state index < -0.39 is 0 Å². The monoisotopic (exact) mass is 223 g/mol. The Hall–Kier alpha value is -2.49. The van der Waals surface area contributed by atoms with E-state index in [1.54, 1.807) is 29.2 Å². The maximum Gasteiger partial charge on any atom is 0.150 e. The number of fused-ring (bicyclic) bond motifs is 1. The zero-order chi connectivity index (χ0) is 11.7. The van der Waals surface area contributed by atoms with Gasteiger partial charge in [-0.1, -0.05) is 12.1 Å². The van der Waals surface area contributed by atoms with Crippen molar-refractivity contribution in [1.29, 1.82) is 0 Å². The Morgan fingerprint density at radius 3 is 2.94 bits per heavy atom. The lowest BCUT2D eigenvalue weighted by molar-refractivity contribution is 0.112. The summed E-state index contributed by atoms with van der Waals surface area (Å²) >= 11 is 0. The lowest BCUT2D eigenvalue weighted by Crippen LogP contribution is -1.93. The molecule has 0 aliphatic carbocycles. The summed E-state index contributed by atoms with van der Waals surface area (Å²) in [6.45, 7) is 0. The SMILES string of the molecule is O=Cc1ccc2cn(-c3cccnc3)nc2c1. The van der Waals surface area contributed by atoms with E-state index in [-0.39, 0.29) is 0 Å². The Morgan fingerprint density at radius 1 is 1.24 bits per heavy atom. The van der Waals surface area contributed by atoms with Gasteiger partial charge in [0.25, 0.3) is 0 Å². The van der Waals surface area contributed by atoms with Gasteiger partial charge in [0.2, 0.25) is 0 Å². The van der Waals surface area contributed by atoms with Gasteiger partial charge < -0.3 is 0 Å². The third kappa shape index (κ3) is 1.69. The average Bonchev–Trinajstić information content (AvgIpc) is 2.82. The second-order valence-corrected chi connectivity index (χ2v) is 3.72. The first-order chi connectivity index (χ1) is 8.36. The molecule has 0 fully saturated rings. The van der Waals surface area contributed by atoms with Crippen LogP contribution in [-0.2, 0) is 0 Å². The van der Waals surface area contributed by atoms with Gasteiger partial charge in [0.1, 0.15) is 6.29 Å². The molecule has 0 aliphatic rings. The Kier molecular flexibility index (Phi) is 2.19.